The molecule has 0 fully saturated rings. The van der Waals surface area contributed by atoms with Crippen LogP contribution in [0.4, 0.5) is 4.39 Å². The Bertz CT molecular complexity index is 723. The molecule has 0 aliphatic heterocycles. The number of hydrogen-bond acceptors (Lipinski definition) is 1. The van der Waals surface area contributed by atoms with Crippen molar-refractivity contribution in [1.82, 2.24) is 4.98 Å². The van der Waals surface area contributed by atoms with Gasteiger partial charge < -0.3 is 9.72 Å². The van der Waals surface area contributed by atoms with Gasteiger partial charge in [0.05, 0.1) is 5.69 Å². The Kier molecular flexibility index (Phi) is 3.13. The van der Waals surface area contributed by atoms with Crippen LogP contribution in [0.1, 0.15) is 5.69 Å². The summed E-state index contributed by atoms with van der Waals surface area (Å²) in [4.78, 5) is 3.22. The number of hydrogen-bond donors (Lipinski definition) is 1. The smallest absolute Gasteiger partial charge is 0.128 e. The van der Waals surface area contributed by atoms with E-state index in [0.717, 1.165) is 16.6 Å². The monoisotopic (exact) mass is 275 g/mol. The molecule has 2 aromatic carbocycles. The number of halogens is 2. The molecule has 0 unspecified atom stereocenters. The van der Waals surface area contributed by atoms with Crippen molar-refractivity contribution < 1.29 is 9.13 Å². The summed E-state index contributed by atoms with van der Waals surface area (Å²) in [5.41, 5.74) is 1.88. The van der Waals surface area contributed by atoms with Crippen LogP contribution in [-0.2, 0) is 6.61 Å². The molecule has 3 rings (SSSR count). The van der Waals surface area contributed by atoms with Crippen molar-refractivity contribution in [1.29, 1.82) is 0 Å². The molecule has 0 radical (unpaired) electrons. The number of aromatic amines is 1. The van der Waals surface area contributed by atoms with Crippen LogP contribution in [0.3, 0.4) is 0 Å². The molecule has 1 aromatic heterocycles. The number of nitrogens with one attached hydrogen (secondary N) is 1. The summed E-state index contributed by atoms with van der Waals surface area (Å²) < 4.78 is 18.5. The summed E-state index contributed by atoms with van der Waals surface area (Å²) in [5, 5.41) is 1.76. The highest BCUT2D eigenvalue weighted by atomic mass is 35.5. The van der Waals surface area contributed by atoms with Gasteiger partial charge in [-0.05, 0) is 35.7 Å². The van der Waals surface area contributed by atoms with Gasteiger partial charge in [-0.3, -0.25) is 0 Å². The number of fused-ring (bicyclic) bond motifs is 1. The van der Waals surface area contributed by atoms with Gasteiger partial charge in [-0.25, -0.2) is 4.39 Å². The predicted molar refractivity (Wildman–Crippen MR) is 74.0 cm³/mol. The fourth-order valence-corrected chi connectivity index (χ4v) is 2.13. The lowest BCUT2D eigenvalue weighted by atomic mass is 10.2. The number of aromatic nitrogens is 1. The second-order valence-corrected chi connectivity index (χ2v) is 4.71. The molecule has 0 aliphatic carbocycles. The minimum atomic E-state index is -0.305. The topological polar surface area (TPSA) is 25.0 Å². The Morgan fingerprint density at radius 2 is 2.00 bits per heavy atom. The number of H-pyrrole nitrogens is 1. The van der Waals surface area contributed by atoms with Crippen molar-refractivity contribution in [3.63, 3.8) is 0 Å². The molecule has 2 nitrogen and oxygen atoms in total. The molecule has 19 heavy (non-hydrogen) atoms. The molecule has 1 heterocycles. The van der Waals surface area contributed by atoms with E-state index in [-0.39, 0.29) is 5.82 Å². The molecule has 96 valence electrons. The quantitative estimate of drug-likeness (QED) is 0.746. The van der Waals surface area contributed by atoms with E-state index in [0.29, 0.717) is 17.4 Å². The third-order valence-corrected chi connectivity index (χ3v) is 3.07. The fourth-order valence-electron chi connectivity index (χ4n) is 1.96. The Morgan fingerprint density at radius 3 is 2.84 bits per heavy atom. The first-order chi connectivity index (χ1) is 9.20. The van der Waals surface area contributed by atoms with Crippen molar-refractivity contribution in [2.75, 3.05) is 0 Å². The average molecular weight is 276 g/mol. The maximum Gasteiger partial charge on any atom is 0.128 e. The minimum Gasteiger partial charge on any atom is -0.487 e. The maximum atomic E-state index is 13.0. The Balaban J connectivity index is 1.78. The third kappa shape index (κ3) is 2.71. The molecule has 4 heteroatoms. The highest BCUT2D eigenvalue weighted by Gasteiger charge is 2.03. The Morgan fingerprint density at radius 1 is 1.11 bits per heavy atom. The molecule has 0 amide bonds. The normalized spacial score (nSPS) is 10.8. The molecule has 0 bridgehead atoms. The lowest BCUT2D eigenvalue weighted by Crippen LogP contribution is -1.95. The minimum absolute atomic E-state index is 0.305. The summed E-state index contributed by atoms with van der Waals surface area (Å²) in [6.45, 7) is 0.357. The standard InChI is InChI=1S/C15H11ClFNO/c16-11-5-4-10-6-13(18-15(10)7-11)9-19-14-3-1-2-12(17)8-14/h1-8,18H,9H2. The van der Waals surface area contributed by atoms with Gasteiger partial charge in [-0.1, -0.05) is 23.7 Å². The Hall–Kier alpha value is -2.00. The van der Waals surface area contributed by atoms with Gasteiger partial charge in [-0.2, -0.15) is 0 Å². The van der Waals surface area contributed by atoms with E-state index in [1.165, 1.54) is 12.1 Å². The van der Waals surface area contributed by atoms with Gasteiger partial charge in [-0.15, -0.1) is 0 Å². The molecule has 0 saturated heterocycles. The molecule has 1 N–H and O–H groups in total. The molecule has 0 aliphatic rings. The Labute approximate surface area is 114 Å². The summed E-state index contributed by atoms with van der Waals surface area (Å²) >= 11 is 5.93. The zero-order chi connectivity index (χ0) is 13.2. The van der Waals surface area contributed by atoms with Gasteiger partial charge in [0.1, 0.15) is 18.2 Å². The molecular formula is C15H11ClFNO. The second-order valence-electron chi connectivity index (χ2n) is 4.27. The number of rotatable bonds is 3. The van der Waals surface area contributed by atoms with Crippen molar-refractivity contribution in [2.45, 2.75) is 6.61 Å². The van der Waals surface area contributed by atoms with E-state index in [4.69, 9.17) is 16.3 Å². The van der Waals surface area contributed by atoms with Crippen molar-refractivity contribution in [2.24, 2.45) is 0 Å². The summed E-state index contributed by atoms with van der Waals surface area (Å²) in [6, 6.07) is 13.7. The lowest BCUT2D eigenvalue weighted by Gasteiger charge is -2.04. The third-order valence-electron chi connectivity index (χ3n) is 2.83. The summed E-state index contributed by atoms with van der Waals surface area (Å²) in [5.74, 6) is 0.206. The van der Waals surface area contributed by atoms with E-state index in [1.54, 1.807) is 12.1 Å². The van der Waals surface area contributed by atoms with E-state index in [9.17, 15) is 4.39 Å². The van der Waals surface area contributed by atoms with Gasteiger partial charge in [0.2, 0.25) is 0 Å². The molecular weight excluding hydrogens is 265 g/mol. The van der Waals surface area contributed by atoms with Crippen LogP contribution in [0, 0.1) is 5.82 Å². The zero-order valence-electron chi connectivity index (χ0n) is 9.99. The van der Waals surface area contributed by atoms with Crippen LogP contribution < -0.4 is 4.74 Å². The fraction of sp³-hybridized carbons (Fsp3) is 0.0667. The van der Waals surface area contributed by atoms with Crippen molar-refractivity contribution >= 4 is 22.5 Å². The first kappa shape index (κ1) is 12.1. The van der Waals surface area contributed by atoms with Crippen LogP contribution in [-0.4, -0.2) is 4.98 Å². The van der Waals surface area contributed by atoms with Crippen LogP contribution in [0.5, 0.6) is 5.75 Å². The van der Waals surface area contributed by atoms with E-state index in [2.05, 4.69) is 4.98 Å². The van der Waals surface area contributed by atoms with Crippen LogP contribution in [0.15, 0.2) is 48.5 Å². The van der Waals surface area contributed by atoms with Crippen molar-refractivity contribution in [3.05, 3.63) is 65.1 Å². The van der Waals surface area contributed by atoms with Gasteiger partial charge in [0, 0.05) is 16.6 Å². The molecule has 0 saturated carbocycles. The summed E-state index contributed by atoms with van der Waals surface area (Å²) in [7, 11) is 0. The zero-order valence-corrected chi connectivity index (χ0v) is 10.7. The highest BCUT2D eigenvalue weighted by molar-refractivity contribution is 6.31. The maximum absolute atomic E-state index is 13.0. The largest absolute Gasteiger partial charge is 0.487 e. The summed E-state index contributed by atoms with van der Waals surface area (Å²) in [6.07, 6.45) is 0. The molecule has 0 atom stereocenters. The van der Waals surface area contributed by atoms with E-state index in [1.807, 2.05) is 24.3 Å². The average Bonchev–Trinajstić information content (AvgIpc) is 2.78. The first-order valence-corrected chi connectivity index (χ1v) is 6.24. The van der Waals surface area contributed by atoms with Crippen LogP contribution >= 0.6 is 11.6 Å². The first-order valence-electron chi connectivity index (χ1n) is 5.86. The second kappa shape index (κ2) is 4.94. The predicted octanol–water partition coefficient (Wildman–Crippen LogP) is 4.54. The number of benzene rings is 2. The van der Waals surface area contributed by atoms with Gasteiger partial charge in [0.25, 0.3) is 0 Å². The van der Waals surface area contributed by atoms with E-state index >= 15 is 0 Å². The highest BCUT2D eigenvalue weighted by Crippen LogP contribution is 2.21. The SMILES string of the molecule is Fc1cccc(OCc2cc3ccc(Cl)cc3[nH]2)c1. The number of ether oxygens (including phenoxy) is 1. The lowest BCUT2D eigenvalue weighted by molar-refractivity contribution is 0.301. The van der Waals surface area contributed by atoms with E-state index < -0.39 is 0 Å². The molecule has 3 aromatic rings. The van der Waals surface area contributed by atoms with Gasteiger partial charge in [0.15, 0.2) is 0 Å². The molecule has 0 spiro atoms. The van der Waals surface area contributed by atoms with Crippen molar-refractivity contribution in [3.8, 4) is 5.75 Å². The van der Waals surface area contributed by atoms with Crippen LogP contribution in [0.2, 0.25) is 5.02 Å². The van der Waals surface area contributed by atoms with Gasteiger partial charge >= 0.3 is 0 Å². The van der Waals surface area contributed by atoms with Crippen LogP contribution in [0.25, 0.3) is 10.9 Å².